The Balaban J connectivity index is 1.94. The molecule has 1 saturated heterocycles. The third kappa shape index (κ3) is 2.83. The largest absolute Gasteiger partial charge is 0.493 e. The fraction of sp³-hybridized carbons (Fsp3) is 0.455. The minimum atomic E-state index is -0.390. The minimum absolute atomic E-state index is 0.0906. The Hall–Kier alpha value is -2.60. The lowest BCUT2D eigenvalue weighted by Crippen LogP contribution is -2.44. The summed E-state index contributed by atoms with van der Waals surface area (Å²) in [5.41, 5.74) is 2.99. The molecule has 2 unspecified atom stereocenters. The second kappa shape index (κ2) is 6.78. The van der Waals surface area contributed by atoms with Gasteiger partial charge < -0.3 is 19.1 Å². The molecule has 1 heterocycles. The summed E-state index contributed by atoms with van der Waals surface area (Å²) in [6.07, 6.45) is 6.61. The van der Waals surface area contributed by atoms with E-state index in [9.17, 15) is 9.59 Å². The summed E-state index contributed by atoms with van der Waals surface area (Å²) in [7, 11) is 3.72. The van der Waals surface area contributed by atoms with Crippen LogP contribution >= 0.6 is 0 Å². The SMILES string of the molecule is COc1ccc2c(c1OC(C)=O)C1=CC(OC(C)=O)=CCC13CCN(C)C3C2. The normalized spacial score (nSPS) is 25.6. The summed E-state index contributed by atoms with van der Waals surface area (Å²) < 4.78 is 16.5. The van der Waals surface area contributed by atoms with Gasteiger partial charge in [0.1, 0.15) is 5.76 Å². The van der Waals surface area contributed by atoms with E-state index in [1.807, 2.05) is 24.3 Å². The van der Waals surface area contributed by atoms with Crippen molar-refractivity contribution in [1.29, 1.82) is 0 Å². The summed E-state index contributed by atoms with van der Waals surface area (Å²) in [6, 6.07) is 4.24. The lowest BCUT2D eigenvalue weighted by molar-refractivity contribution is -0.136. The van der Waals surface area contributed by atoms with Gasteiger partial charge >= 0.3 is 11.9 Å². The quantitative estimate of drug-likeness (QED) is 0.590. The summed E-state index contributed by atoms with van der Waals surface area (Å²) in [4.78, 5) is 25.7. The number of hydrogen-bond donors (Lipinski definition) is 0. The third-order valence-electron chi connectivity index (χ3n) is 6.19. The number of nitrogens with zero attached hydrogens (tertiary/aromatic N) is 1. The minimum Gasteiger partial charge on any atom is -0.493 e. The number of allylic oxidation sites excluding steroid dienone is 2. The maximum absolute atomic E-state index is 11.8. The highest BCUT2D eigenvalue weighted by atomic mass is 16.6. The molecule has 3 aliphatic rings. The maximum atomic E-state index is 11.8. The van der Waals surface area contributed by atoms with Crippen LogP contribution in [0, 0.1) is 5.41 Å². The molecule has 1 aromatic rings. The molecule has 0 radical (unpaired) electrons. The molecule has 1 aliphatic heterocycles. The second-order valence-electron chi connectivity index (χ2n) is 7.79. The number of rotatable bonds is 3. The first-order valence-corrected chi connectivity index (χ1v) is 9.55. The number of carbonyl (C=O) groups excluding carboxylic acids is 2. The Morgan fingerprint density at radius 1 is 1.18 bits per heavy atom. The first-order valence-electron chi connectivity index (χ1n) is 9.55. The van der Waals surface area contributed by atoms with Gasteiger partial charge in [0.2, 0.25) is 0 Å². The number of benzene rings is 1. The average Bonchev–Trinajstić information content (AvgIpc) is 2.96. The average molecular weight is 383 g/mol. The first kappa shape index (κ1) is 18.7. The summed E-state index contributed by atoms with van der Waals surface area (Å²) in [5, 5.41) is 0. The molecule has 1 spiro atoms. The molecule has 2 atom stereocenters. The number of likely N-dealkylation sites (N-methyl/N-ethyl adjacent to an activating group) is 1. The van der Waals surface area contributed by atoms with Gasteiger partial charge in [-0.3, -0.25) is 9.59 Å². The molecule has 0 amide bonds. The zero-order valence-electron chi connectivity index (χ0n) is 16.7. The van der Waals surface area contributed by atoms with Crippen LogP contribution in [0.1, 0.15) is 37.8 Å². The van der Waals surface area contributed by atoms with Gasteiger partial charge in [0, 0.05) is 30.9 Å². The van der Waals surface area contributed by atoms with Crippen molar-refractivity contribution in [3.63, 3.8) is 0 Å². The molecule has 0 bridgehead atoms. The number of likely N-dealkylation sites (tertiary alicyclic amines) is 1. The van der Waals surface area contributed by atoms with Gasteiger partial charge in [0.05, 0.1) is 7.11 Å². The van der Waals surface area contributed by atoms with Crippen molar-refractivity contribution in [3.8, 4) is 11.5 Å². The van der Waals surface area contributed by atoms with Crippen molar-refractivity contribution in [2.24, 2.45) is 5.41 Å². The van der Waals surface area contributed by atoms with Gasteiger partial charge in [0.25, 0.3) is 0 Å². The van der Waals surface area contributed by atoms with Crippen LogP contribution in [0.4, 0.5) is 0 Å². The zero-order valence-corrected chi connectivity index (χ0v) is 16.7. The Labute approximate surface area is 164 Å². The topological polar surface area (TPSA) is 65.1 Å². The lowest BCUT2D eigenvalue weighted by atomic mass is 9.61. The molecule has 28 heavy (non-hydrogen) atoms. The van der Waals surface area contributed by atoms with Gasteiger partial charge in [-0.1, -0.05) is 6.07 Å². The molecular weight excluding hydrogens is 358 g/mol. The Morgan fingerprint density at radius 2 is 1.93 bits per heavy atom. The van der Waals surface area contributed by atoms with Crippen LogP contribution in [0.5, 0.6) is 11.5 Å². The van der Waals surface area contributed by atoms with E-state index in [-0.39, 0.29) is 11.4 Å². The smallest absolute Gasteiger partial charge is 0.308 e. The predicted molar refractivity (Wildman–Crippen MR) is 104 cm³/mol. The first-order chi connectivity index (χ1) is 13.4. The number of fused-ring (bicyclic) bond motifs is 2. The van der Waals surface area contributed by atoms with Crippen molar-refractivity contribution in [2.45, 2.75) is 39.2 Å². The summed E-state index contributed by atoms with van der Waals surface area (Å²) in [5.74, 6) is 0.791. The fourth-order valence-electron chi connectivity index (χ4n) is 5.00. The van der Waals surface area contributed by atoms with Crippen LogP contribution in [0.2, 0.25) is 0 Å². The van der Waals surface area contributed by atoms with Crippen LogP contribution in [0.15, 0.2) is 30.0 Å². The van der Waals surface area contributed by atoms with E-state index in [4.69, 9.17) is 14.2 Å². The van der Waals surface area contributed by atoms with Crippen LogP contribution in [-0.4, -0.2) is 43.6 Å². The van der Waals surface area contributed by atoms with Gasteiger partial charge in [-0.15, -0.1) is 0 Å². The predicted octanol–water partition coefficient (Wildman–Crippen LogP) is 3.10. The van der Waals surface area contributed by atoms with Crippen LogP contribution in [0.3, 0.4) is 0 Å². The van der Waals surface area contributed by atoms with E-state index in [1.165, 1.54) is 13.8 Å². The molecule has 0 saturated carbocycles. The van der Waals surface area contributed by atoms with E-state index in [1.54, 1.807) is 7.11 Å². The highest BCUT2D eigenvalue weighted by molar-refractivity contribution is 5.86. The zero-order chi connectivity index (χ0) is 20.1. The monoisotopic (exact) mass is 383 g/mol. The highest BCUT2D eigenvalue weighted by Gasteiger charge is 2.53. The van der Waals surface area contributed by atoms with Crippen molar-refractivity contribution >= 4 is 17.5 Å². The van der Waals surface area contributed by atoms with Crippen molar-refractivity contribution in [2.75, 3.05) is 20.7 Å². The van der Waals surface area contributed by atoms with Gasteiger partial charge in [0.15, 0.2) is 11.5 Å². The summed E-state index contributed by atoms with van der Waals surface area (Å²) >= 11 is 0. The van der Waals surface area contributed by atoms with E-state index in [0.717, 1.165) is 42.5 Å². The van der Waals surface area contributed by atoms with E-state index < -0.39 is 5.97 Å². The fourth-order valence-corrected chi connectivity index (χ4v) is 5.00. The van der Waals surface area contributed by atoms with Crippen molar-refractivity contribution in [3.05, 3.63) is 41.2 Å². The van der Waals surface area contributed by atoms with E-state index in [0.29, 0.717) is 23.3 Å². The molecule has 1 aromatic carbocycles. The molecule has 4 rings (SSSR count). The van der Waals surface area contributed by atoms with Crippen LogP contribution in [-0.2, 0) is 20.7 Å². The van der Waals surface area contributed by atoms with Crippen molar-refractivity contribution < 1.29 is 23.8 Å². The third-order valence-corrected chi connectivity index (χ3v) is 6.19. The van der Waals surface area contributed by atoms with E-state index >= 15 is 0 Å². The molecule has 2 aliphatic carbocycles. The molecule has 1 fully saturated rings. The molecular formula is C22H25NO5. The molecule has 0 N–H and O–H groups in total. The van der Waals surface area contributed by atoms with E-state index in [2.05, 4.69) is 11.9 Å². The van der Waals surface area contributed by atoms with Crippen molar-refractivity contribution in [1.82, 2.24) is 4.90 Å². The van der Waals surface area contributed by atoms with Crippen LogP contribution < -0.4 is 9.47 Å². The number of methoxy groups -OCH3 is 1. The Kier molecular flexibility index (Phi) is 4.54. The molecule has 6 nitrogen and oxygen atoms in total. The molecule has 6 heteroatoms. The maximum Gasteiger partial charge on any atom is 0.308 e. The Morgan fingerprint density at radius 3 is 2.61 bits per heavy atom. The Bertz CT molecular complexity index is 916. The van der Waals surface area contributed by atoms with Gasteiger partial charge in [-0.05, 0) is 62.2 Å². The van der Waals surface area contributed by atoms with Gasteiger partial charge in [-0.2, -0.15) is 0 Å². The van der Waals surface area contributed by atoms with Crippen LogP contribution in [0.25, 0.3) is 5.57 Å². The summed E-state index contributed by atoms with van der Waals surface area (Å²) in [6.45, 7) is 3.79. The number of ether oxygens (including phenoxy) is 3. The lowest BCUT2D eigenvalue weighted by Gasteiger charge is -2.45. The molecule has 0 aromatic heterocycles. The number of esters is 2. The number of carbonyl (C=O) groups is 2. The highest BCUT2D eigenvalue weighted by Crippen LogP contribution is 2.59. The number of hydrogen-bond acceptors (Lipinski definition) is 6. The standard InChI is InChI=1S/C22H25NO5/c1-13(24)27-16-7-8-22-9-10-23(3)19(22)11-15-5-6-18(26-4)21(28-14(2)25)20(15)17(22)12-16/h5-7,12,19H,8-11H2,1-4H3. The second-order valence-corrected chi connectivity index (χ2v) is 7.79. The van der Waals surface area contributed by atoms with Gasteiger partial charge in [-0.25, -0.2) is 0 Å². The molecule has 148 valence electrons.